The number of aromatic nitrogens is 3. The van der Waals surface area contributed by atoms with Crippen molar-refractivity contribution in [1.82, 2.24) is 15.2 Å². The second kappa shape index (κ2) is 7.67. The summed E-state index contributed by atoms with van der Waals surface area (Å²) in [5, 5.41) is 15.1. The average molecular weight is 402 g/mol. The summed E-state index contributed by atoms with van der Waals surface area (Å²) in [4.78, 5) is 5.16. The molecule has 0 amide bonds. The zero-order valence-electron chi connectivity index (χ0n) is 13.7. The van der Waals surface area contributed by atoms with Crippen LogP contribution in [0.15, 0.2) is 48.8 Å². The van der Waals surface area contributed by atoms with Gasteiger partial charge in [-0.1, -0.05) is 53.3 Å². The Morgan fingerprint density at radius 3 is 2.77 bits per heavy atom. The van der Waals surface area contributed by atoms with Gasteiger partial charge in [-0.05, 0) is 18.1 Å². The first-order chi connectivity index (χ1) is 12.7. The van der Waals surface area contributed by atoms with Crippen LogP contribution >= 0.6 is 34.3 Å². The van der Waals surface area contributed by atoms with E-state index in [-0.39, 0.29) is 6.04 Å². The molecule has 8 heteroatoms. The van der Waals surface area contributed by atoms with Gasteiger partial charge < -0.3 is 11.1 Å². The number of rotatable bonds is 6. The molecule has 0 saturated heterocycles. The molecule has 0 aliphatic rings. The van der Waals surface area contributed by atoms with Gasteiger partial charge in [0.2, 0.25) is 5.13 Å². The third kappa shape index (κ3) is 3.86. The number of nitrogens with one attached hydrogen (secondary N) is 1. The van der Waals surface area contributed by atoms with Crippen molar-refractivity contribution >= 4 is 49.5 Å². The van der Waals surface area contributed by atoms with E-state index >= 15 is 0 Å². The molecule has 0 unspecified atom stereocenters. The fraction of sp³-hybridized carbons (Fsp3) is 0.167. The molecule has 0 aliphatic carbocycles. The van der Waals surface area contributed by atoms with Crippen LogP contribution in [0.5, 0.6) is 0 Å². The first-order valence-electron chi connectivity index (χ1n) is 8.09. The fourth-order valence-corrected chi connectivity index (χ4v) is 4.75. The molecule has 132 valence electrons. The number of pyridine rings is 1. The van der Waals surface area contributed by atoms with Crippen molar-refractivity contribution in [3.05, 3.63) is 59.4 Å². The third-order valence-corrected chi connectivity index (χ3v) is 6.31. The summed E-state index contributed by atoms with van der Waals surface area (Å²) in [6.07, 6.45) is 4.29. The smallest absolute Gasteiger partial charge is 0.206 e. The number of hydrogen-bond donors (Lipinski definition) is 2. The summed E-state index contributed by atoms with van der Waals surface area (Å²) in [6.45, 7) is 0.645. The standard InChI is InChI=1S/C18H16ClN5S2/c19-14-9-21-10-16-13(14)7-15(25-16)17-23-24-18(26-17)22-8-12(20)6-11-4-2-1-3-5-11/h1-5,7,9-10,12H,6,8,20H2,(H,22,24)/t12-/m1/s1. The van der Waals surface area contributed by atoms with Gasteiger partial charge in [0.15, 0.2) is 5.01 Å². The van der Waals surface area contributed by atoms with E-state index in [1.807, 2.05) is 30.5 Å². The van der Waals surface area contributed by atoms with E-state index < -0.39 is 0 Å². The highest BCUT2D eigenvalue weighted by molar-refractivity contribution is 7.26. The van der Waals surface area contributed by atoms with E-state index in [4.69, 9.17) is 17.3 Å². The van der Waals surface area contributed by atoms with Gasteiger partial charge in [0.05, 0.1) is 14.6 Å². The number of thiophene rings is 1. The van der Waals surface area contributed by atoms with E-state index in [9.17, 15) is 0 Å². The fourth-order valence-electron chi connectivity index (χ4n) is 2.63. The molecule has 0 aliphatic heterocycles. The molecule has 0 radical (unpaired) electrons. The number of hydrogen-bond acceptors (Lipinski definition) is 7. The molecule has 3 aromatic heterocycles. The zero-order valence-corrected chi connectivity index (χ0v) is 16.1. The number of fused-ring (bicyclic) bond motifs is 1. The summed E-state index contributed by atoms with van der Waals surface area (Å²) < 4.78 is 1.04. The second-order valence-electron chi connectivity index (χ2n) is 5.89. The molecule has 4 aromatic rings. The van der Waals surface area contributed by atoms with Crippen molar-refractivity contribution in [3.63, 3.8) is 0 Å². The van der Waals surface area contributed by atoms with Gasteiger partial charge in [-0.2, -0.15) is 0 Å². The minimum Gasteiger partial charge on any atom is -0.359 e. The molecule has 0 spiro atoms. The highest BCUT2D eigenvalue weighted by Gasteiger charge is 2.13. The van der Waals surface area contributed by atoms with E-state index in [2.05, 4.69) is 32.6 Å². The number of benzene rings is 1. The van der Waals surface area contributed by atoms with E-state index in [0.717, 1.165) is 31.5 Å². The first kappa shape index (κ1) is 17.4. The van der Waals surface area contributed by atoms with Crippen molar-refractivity contribution in [1.29, 1.82) is 0 Å². The Bertz CT molecular complexity index is 1010. The first-order valence-corrected chi connectivity index (χ1v) is 10.1. The largest absolute Gasteiger partial charge is 0.359 e. The van der Waals surface area contributed by atoms with Crippen LogP contribution in [-0.2, 0) is 6.42 Å². The van der Waals surface area contributed by atoms with E-state index in [1.165, 1.54) is 16.9 Å². The third-order valence-electron chi connectivity index (χ3n) is 3.89. The quantitative estimate of drug-likeness (QED) is 0.499. The summed E-state index contributed by atoms with van der Waals surface area (Å²) in [6, 6.07) is 12.3. The topological polar surface area (TPSA) is 76.7 Å². The predicted octanol–water partition coefficient (Wildman–Crippen LogP) is 4.45. The Balaban J connectivity index is 1.42. The molecule has 0 bridgehead atoms. The minimum atomic E-state index is 0.0129. The van der Waals surface area contributed by atoms with Gasteiger partial charge in [-0.25, -0.2) is 0 Å². The number of nitrogens with zero attached hydrogens (tertiary/aromatic N) is 3. The van der Waals surface area contributed by atoms with Crippen LogP contribution in [0.2, 0.25) is 5.02 Å². The lowest BCUT2D eigenvalue weighted by molar-refractivity contribution is 0.698. The molecular weight excluding hydrogens is 386 g/mol. The number of nitrogens with two attached hydrogens (primary N) is 1. The molecule has 3 N–H and O–H groups in total. The highest BCUT2D eigenvalue weighted by Crippen LogP contribution is 2.38. The summed E-state index contributed by atoms with van der Waals surface area (Å²) in [7, 11) is 0. The van der Waals surface area contributed by atoms with Gasteiger partial charge in [-0.15, -0.1) is 21.5 Å². The Morgan fingerprint density at radius 1 is 1.12 bits per heavy atom. The van der Waals surface area contributed by atoms with Crippen molar-refractivity contribution in [2.45, 2.75) is 12.5 Å². The van der Waals surface area contributed by atoms with Crippen LogP contribution < -0.4 is 11.1 Å². The SMILES string of the molecule is N[C@@H](CNc1nnc(-c2cc3c(Cl)cncc3s2)s1)Cc1ccccc1. The molecule has 26 heavy (non-hydrogen) atoms. The molecule has 5 nitrogen and oxygen atoms in total. The van der Waals surface area contributed by atoms with Crippen molar-refractivity contribution in [2.24, 2.45) is 5.73 Å². The van der Waals surface area contributed by atoms with Crippen molar-refractivity contribution < 1.29 is 0 Å². The molecule has 0 saturated carbocycles. The van der Waals surface area contributed by atoms with Gasteiger partial charge >= 0.3 is 0 Å². The second-order valence-corrected chi connectivity index (χ2v) is 8.36. The van der Waals surface area contributed by atoms with Gasteiger partial charge in [0.1, 0.15) is 0 Å². The Kier molecular flexibility index (Phi) is 5.12. The van der Waals surface area contributed by atoms with E-state index in [1.54, 1.807) is 17.5 Å². The zero-order chi connectivity index (χ0) is 17.9. The lowest BCUT2D eigenvalue weighted by Gasteiger charge is -2.11. The molecule has 1 atom stereocenters. The Morgan fingerprint density at radius 2 is 1.96 bits per heavy atom. The van der Waals surface area contributed by atoms with Gasteiger partial charge in [0.25, 0.3) is 0 Å². The summed E-state index contributed by atoms with van der Waals surface area (Å²) >= 11 is 9.33. The minimum absolute atomic E-state index is 0.0129. The number of halogens is 1. The van der Waals surface area contributed by atoms with Gasteiger partial charge in [0, 0.05) is 30.4 Å². The average Bonchev–Trinajstić information content (AvgIpc) is 3.28. The Hall–Kier alpha value is -2.06. The normalized spacial score (nSPS) is 12.4. The van der Waals surface area contributed by atoms with Crippen molar-refractivity contribution in [3.8, 4) is 9.88 Å². The summed E-state index contributed by atoms with van der Waals surface area (Å²) in [5.41, 5.74) is 7.45. The maximum absolute atomic E-state index is 6.21. The van der Waals surface area contributed by atoms with E-state index in [0.29, 0.717) is 11.6 Å². The summed E-state index contributed by atoms with van der Waals surface area (Å²) in [5.74, 6) is 0. The maximum atomic E-state index is 6.21. The molecular formula is C18H16ClN5S2. The Labute approximate surface area is 163 Å². The molecule has 3 heterocycles. The van der Waals surface area contributed by atoms with Crippen LogP contribution in [0, 0.1) is 0 Å². The van der Waals surface area contributed by atoms with Crippen LogP contribution in [0.3, 0.4) is 0 Å². The molecule has 4 rings (SSSR count). The maximum Gasteiger partial charge on any atom is 0.206 e. The lowest BCUT2D eigenvalue weighted by Crippen LogP contribution is -2.31. The predicted molar refractivity (Wildman–Crippen MR) is 110 cm³/mol. The van der Waals surface area contributed by atoms with Crippen LogP contribution in [0.25, 0.3) is 20.0 Å². The van der Waals surface area contributed by atoms with Crippen molar-refractivity contribution in [2.75, 3.05) is 11.9 Å². The number of anilines is 1. The lowest BCUT2D eigenvalue weighted by atomic mass is 10.1. The molecule has 1 aromatic carbocycles. The monoisotopic (exact) mass is 401 g/mol. The van der Waals surface area contributed by atoms with Crippen LogP contribution in [0.1, 0.15) is 5.56 Å². The van der Waals surface area contributed by atoms with Crippen LogP contribution in [-0.4, -0.2) is 27.8 Å². The van der Waals surface area contributed by atoms with Gasteiger partial charge in [-0.3, -0.25) is 4.98 Å². The van der Waals surface area contributed by atoms with Crippen LogP contribution in [0.4, 0.5) is 5.13 Å². The highest BCUT2D eigenvalue weighted by atomic mass is 35.5. The molecule has 0 fully saturated rings.